The van der Waals surface area contributed by atoms with Crippen molar-refractivity contribution in [2.75, 3.05) is 46.6 Å². The lowest BCUT2D eigenvalue weighted by atomic mass is 10.4. The number of nitrogens with one attached hydrogen (secondary N) is 1. The number of ether oxygens (including phenoxy) is 2. The molecular weight excluding hydrogens is 244 g/mol. The summed E-state index contributed by atoms with van der Waals surface area (Å²) in [5.41, 5.74) is 0. The molecule has 5 heteroatoms. The molecule has 0 aromatic carbocycles. The van der Waals surface area contributed by atoms with E-state index in [2.05, 4.69) is 19.2 Å². The molecule has 0 aliphatic rings. The molecule has 0 bridgehead atoms. The highest BCUT2D eigenvalue weighted by atomic mass is 16.5. The second kappa shape index (κ2) is 15.4. The van der Waals surface area contributed by atoms with Gasteiger partial charge in [-0.2, -0.15) is 0 Å². The maximum Gasteiger partial charge on any atom is 0.219 e. The highest BCUT2D eigenvalue weighted by molar-refractivity contribution is 5.72. The number of nitrogens with zero attached hydrogens (tertiary/aromatic N) is 1. The second-order valence-corrected chi connectivity index (χ2v) is 4.27. The van der Waals surface area contributed by atoms with Crippen LogP contribution in [0.1, 0.15) is 34.6 Å². The molecule has 0 atom stereocenters. The molecule has 0 aromatic heterocycles. The molecule has 0 radical (unpaired) electrons. The van der Waals surface area contributed by atoms with Crippen molar-refractivity contribution in [3.8, 4) is 0 Å². The fraction of sp³-hybridized carbons (Fsp3) is 0.929. The number of carbonyl (C=O) groups is 1. The maximum atomic E-state index is 10.9. The Labute approximate surface area is 118 Å². The topological polar surface area (TPSA) is 50.8 Å². The first kappa shape index (κ1) is 20.7. The SMILES string of the molecule is CC.CC(=O)N(C)CCOCCOCCNC(C)C. The minimum Gasteiger partial charge on any atom is -0.378 e. The van der Waals surface area contributed by atoms with Crippen LogP contribution < -0.4 is 5.32 Å². The van der Waals surface area contributed by atoms with Crippen molar-refractivity contribution in [2.24, 2.45) is 0 Å². The molecule has 0 aliphatic carbocycles. The van der Waals surface area contributed by atoms with Crippen LogP contribution in [-0.4, -0.2) is 63.4 Å². The predicted octanol–water partition coefficient (Wildman–Crippen LogP) is 1.52. The normalized spacial score (nSPS) is 10.1. The summed E-state index contributed by atoms with van der Waals surface area (Å²) < 4.78 is 10.7. The summed E-state index contributed by atoms with van der Waals surface area (Å²) in [5, 5.41) is 3.26. The number of rotatable bonds is 10. The van der Waals surface area contributed by atoms with E-state index in [0.29, 0.717) is 39.0 Å². The van der Waals surface area contributed by atoms with E-state index >= 15 is 0 Å². The van der Waals surface area contributed by atoms with Gasteiger partial charge in [0.05, 0.1) is 26.4 Å². The molecule has 0 heterocycles. The van der Waals surface area contributed by atoms with Gasteiger partial charge in [0.2, 0.25) is 5.91 Å². The Morgan fingerprint density at radius 3 is 2.11 bits per heavy atom. The molecule has 0 saturated carbocycles. The third-order valence-electron chi connectivity index (χ3n) is 2.28. The molecule has 19 heavy (non-hydrogen) atoms. The van der Waals surface area contributed by atoms with E-state index in [1.54, 1.807) is 18.9 Å². The van der Waals surface area contributed by atoms with Gasteiger partial charge >= 0.3 is 0 Å². The van der Waals surface area contributed by atoms with Gasteiger partial charge in [-0.3, -0.25) is 4.79 Å². The molecule has 0 rings (SSSR count). The van der Waals surface area contributed by atoms with Crippen molar-refractivity contribution in [3.05, 3.63) is 0 Å². The number of hydrogen-bond acceptors (Lipinski definition) is 4. The van der Waals surface area contributed by atoms with Gasteiger partial charge in [0, 0.05) is 33.1 Å². The smallest absolute Gasteiger partial charge is 0.219 e. The van der Waals surface area contributed by atoms with E-state index in [0.717, 1.165) is 6.54 Å². The van der Waals surface area contributed by atoms with Gasteiger partial charge in [-0.15, -0.1) is 0 Å². The Balaban J connectivity index is 0. The minimum atomic E-state index is 0.0598. The lowest BCUT2D eigenvalue weighted by Gasteiger charge is -2.14. The van der Waals surface area contributed by atoms with E-state index in [-0.39, 0.29) is 5.91 Å². The second-order valence-electron chi connectivity index (χ2n) is 4.27. The molecule has 5 nitrogen and oxygen atoms in total. The lowest BCUT2D eigenvalue weighted by Crippen LogP contribution is -2.28. The Bertz CT molecular complexity index is 199. The van der Waals surface area contributed by atoms with Crippen LogP contribution in [0.2, 0.25) is 0 Å². The van der Waals surface area contributed by atoms with Crippen molar-refractivity contribution in [1.29, 1.82) is 0 Å². The van der Waals surface area contributed by atoms with Crippen molar-refractivity contribution in [3.63, 3.8) is 0 Å². The van der Waals surface area contributed by atoms with Crippen LogP contribution in [-0.2, 0) is 14.3 Å². The van der Waals surface area contributed by atoms with Crippen LogP contribution in [0.15, 0.2) is 0 Å². The first-order valence-corrected chi connectivity index (χ1v) is 7.14. The van der Waals surface area contributed by atoms with Crippen LogP contribution in [0.5, 0.6) is 0 Å². The molecule has 0 fully saturated rings. The quantitative estimate of drug-likeness (QED) is 0.615. The molecule has 0 aromatic rings. The summed E-state index contributed by atoms with van der Waals surface area (Å²) >= 11 is 0. The van der Waals surface area contributed by atoms with Crippen LogP contribution in [0, 0.1) is 0 Å². The minimum absolute atomic E-state index is 0.0598. The van der Waals surface area contributed by atoms with Gasteiger partial charge < -0.3 is 19.7 Å². The molecular formula is C14H32N2O3. The predicted molar refractivity (Wildman–Crippen MR) is 79.4 cm³/mol. The van der Waals surface area contributed by atoms with Crippen LogP contribution >= 0.6 is 0 Å². The lowest BCUT2D eigenvalue weighted by molar-refractivity contribution is -0.128. The summed E-state index contributed by atoms with van der Waals surface area (Å²) in [6.45, 7) is 13.7. The molecule has 0 saturated heterocycles. The van der Waals surface area contributed by atoms with Gasteiger partial charge in [-0.25, -0.2) is 0 Å². The summed E-state index contributed by atoms with van der Waals surface area (Å²) in [6, 6.07) is 0.497. The van der Waals surface area contributed by atoms with Crippen molar-refractivity contribution in [1.82, 2.24) is 10.2 Å². The summed E-state index contributed by atoms with van der Waals surface area (Å²) in [6.07, 6.45) is 0. The highest BCUT2D eigenvalue weighted by Crippen LogP contribution is 1.85. The standard InChI is InChI=1S/C12H26N2O3.C2H6/c1-11(2)13-5-7-16-9-10-17-8-6-14(4)12(3)15;1-2/h11,13H,5-10H2,1-4H3;1-2H3. The fourth-order valence-electron chi connectivity index (χ4n) is 1.10. The first-order valence-electron chi connectivity index (χ1n) is 7.14. The summed E-state index contributed by atoms with van der Waals surface area (Å²) in [5.74, 6) is 0.0598. The zero-order valence-corrected chi connectivity index (χ0v) is 13.5. The number of carbonyl (C=O) groups excluding carboxylic acids is 1. The number of amides is 1. The summed E-state index contributed by atoms with van der Waals surface area (Å²) in [7, 11) is 1.76. The van der Waals surface area contributed by atoms with E-state index in [4.69, 9.17) is 9.47 Å². The van der Waals surface area contributed by atoms with Crippen LogP contribution in [0.3, 0.4) is 0 Å². The van der Waals surface area contributed by atoms with Gasteiger partial charge in [0.25, 0.3) is 0 Å². The van der Waals surface area contributed by atoms with Crippen molar-refractivity contribution in [2.45, 2.75) is 40.7 Å². The summed E-state index contributed by atoms with van der Waals surface area (Å²) in [4.78, 5) is 12.5. The Kier molecular flexibility index (Phi) is 16.8. The van der Waals surface area contributed by atoms with E-state index in [1.165, 1.54) is 0 Å². The third kappa shape index (κ3) is 17.4. The average Bonchev–Trinajstić information content (AvgIpc) is 2.38. The maximum absolute atomic E-state index is 10.9. The molecule has 0 unspecified atom stereocenters. The van der Waals surface area contributed by atoms with E-state index in [9.17, 15) is 4.79 Å². The Hall–Kier alpha value is -0.650. The molecule has 1 N–H and O–H groups in total. The molecule has 1 amide bonds. The van der Waals surface area contributed by atoms with E-state index < -0.39 is 0 Å². The van der Waals surface area contributed by atoms with Crippen molar-refractivity contribution < 1.29 is 14.3 Å². The van der Waals surface area contributed by atoms with Crippen LogP contribution in [0.4, 0.5) is 0 Å². The van der Waals surface area contributed by atoms with Crippen molar-refractivity contribution >= 4 is 5.91 Å². The Morgan fingerprint density at radius 1 is 1.11 bits per heavy atom. The van der Waals surface area contributed by atoms with Gasteiger partial charge in [0.1, 0.15) is 0 Å². The highest BCUT2D eigenvalue weighted by Gasteiger charge is 2.00. The fourth-order valence-corrected chi connectivity index (χ4v) is 1.10. The molecule has 0 spiro atoms. The van der Waals surface area contributed by atoms with Gasteiger partial charge in [0.15, 0.2) is 0 Å². The average molecular weight is 276 g/mol. The van der Waals surface area contributed by atoms with E-state index in [1.807, 2.05) is 13.8 Å². The zero-order chi connectivity index (χ0) is 15.1. The zero-order valence-electron chi connectivity index (χ0n) is 13.5. The number of likely N-dealkylation sites (N-methyl/N-ethyl adjacent to an activating group) is 1. The van der Waals surface area contributed by atoms with Gasteiger partial charge in [-0.05, 0) is 0 Å². The monoisotopic (exact) mass is 276 g/mol. The number of hydrogen-bond donors (Lipinski definition) is 1. The first-order chi connectivity index (χ1) is 9.04. The Morgan fingerprint density at radius 2 is 1.63 bits per heavy atom. The van der Waals surface area contributed by atoms with Crippen LogP contribution in [0.25, 0.3) is 0 Å². The molecule has 116 valence electrons. The van der Waals surface area contributed by atoms with Gasteiger partial charge in [-0.1, -0.05) is 27.7 Å². The third-order valence-corrected chi connectivity index (χ3v) is 2.28. The molecule has 0 aliphatic heterocycles. The largest absolute Gasteiger partial charge is 0.378 e.